The predicted octanol–water partition coefficient (Wildman–Crippen LogP) is 0.484. The number of amides is 1. The maximum atomic E-state index is 11.9. The summed E-state index contributed by atoms with van der Waals surface area (Å²) in [5.74, 6) is 0.446. The minimum Gasteiger partial charge on any atom is -0.364 e. The second kappa shape index (κ2) is 4.02. The van der Waals surface area contributed by atoms with Crippen molar-refractivity contribution in [2.24, 2.45) is 11.7 Å². The molecule has 1 heterocycles. The van der Waals surface area contributed by atoms with Gasteiger partial charge in [0.2, 0.25) is 0 Å². The van der Waals surface area contributed by atoms with Crippen molar-refractivity contribution >= 4 is 5.91 Å². The molecule has 2 N–H and O–H groups in total. The van der Waals surface area contributed by atoms with Gasteiger partial charge >= 0.3 is 0 Å². The van der Waals surface area contributed by atoms with Gasteiger partial charge < -0.3 is 15.2 Å². The number of nitrogens with zero attached hydrogens (tertiary/aromatic N) is 2. The zero-order valence-corrected chi connectivity index (χ0v) is 8.72. The third kappa shape index (κ3) is 2.02. The van der Waals surface area contributed by atoms with Crippen LogP contribution in [0.4, 0.5) is 0 Å². The average Bonchev–Trinajstić information content (AvgIpc) is 2.93. The van der Waals surface area contributed by atoms with Crippen molar-refractivity contribution in [3.63, 3.8) is 0 Å². The summed E-state index contributed by atoms with van der Waals surface area (Å²) in [6, 6.07) is 1.70. The van der Waals surface area contributed by atoms with Gasteiger partial charge in [0.1, 0.15) is 6.26 Å². The molecule has 0 aliphatic heterocycles. The molecular weight excluding hydrogens is 194 g/mol. The van der Waals surface area contributed by atoms with E-state index in [1.807, 2.05) is 0 Å². The Labute approximate surface area is 88.2 Å². The van der Waals surface area contributed by atoms with Crippen molar-refractivity contribution in [3.8, 4) is 0 Å². The van der Waals surface area contributed by atoms with Crippen LogP contribution < -0.4 is 5.73 Å². The van der Waals surface area contributed by atoms with E-state index < -0.39 is 0 Å². The van der Waals surface area contributed by atoms with Gasteiger partial charge in [0.15, 0.2) is 5.69 Å². The number of carbonyl (C=O) groups excluding carboxylic acids is 1. The van der Waals surface area contributed by atoms with Crippen LogP contribution in [0.15, 0.2) is 16.9 Å². The van der Waals surface area contributed by atoms with E-state index >= 15 is 0 Å². The van der Waals surface area contributed by atoms with Gasteiger partial charge in [0.25, 0.3) is 5.91 Å². The topological polar surface area (TPSA) is 72.4 Å². The predicted molar refractivity (Wildman–Crippen MR) is 54.2 cm³/mol. The molecule has 1 saturated carbocycles. The van der Waals surface area contributed by atoms with Gasteiger partial charge in [-0.3, -0.25) is 4.79 Å². The lowest BCUT2D eigenvalue weighted by Crippen LogP contribution is -2.43. The Kier molecular flexibility index (Phi) is 2.73. The van der Waals surface area contributed by atoms with Crippen molar-refractivity contribution in [1.82, 2.24) is 10.1 Å². The van der Waals surface area contributed by atoms with Crippen molar-refractivity contribution in [3.05, 3.63) is 18.0 Å². The Morgan fingerprint density at radius 1 is 1.80 bits per heavy atom. The lowest BCUT2D eigenvalue weighted by atomic mass is 10.1. The highest BCUT2D eigenvalue weighted by Crippen LogP contribution is 2.34. The number of hydrogen-bond acceptors (Lipinski definition) is 4. The molecule has 5 heteroatoms. The number of likely N-dealkylation sites (N-methyl/N-ethyl adjacent to an activating group) is 1. The molecule has 0 bridgehead atoms. The molecule has 1 atom stereocenters. The second-order valence-corrected chi connectivity index (χ2v) is 3.94. The van der Waals surface area contributed by atoms with Gasteiger partial charge in [-0.1, -0.05) is 5.16 Å². The van der Waals surface area contributed by atoms with E-state index in [0.717, 1.165) is 12.8 Å². The van der Waals surface area contributed by atoms with E-state index in [9.17, 15) is 4.79 Å². The van der Waals surface area contributed by atoms with Crippen LogP contribution in [0.1, 0.15) is 23.3 Å². The molecule has 1 amide bonds. The first kappa shape index (κ1) is 10.2. The van der Waals surface area contributed by atoms with Crippen LogP contribution in [0.25, 0.3) is 0 Å². The van der Waals surface area contributed by atoms with E-state index in [1.165, 1.54) is 6.26 Å². The molecule has 0 spiro atoms. The zero-order valence-electron chi connectivity index (χ0n) is 8.72. The molecule has 82 valence electrons. The smallest absolute Gasteiger partial charge is 0.276 e. The van der Waals surface area contributed by atoms with Gasteiger partial charge in [0, 0.05) is 25.7 Å². The summed E-state index contributed by atoms with van der Waals surface area (Å²) in [4.78, 5) is 13.6. The van der Waals surface area contributed by atoms with Crippen LogP contribution in [-0.4, -0.2) is 35.6 Å². The summed E-state index contributed by atoms with van der Waals surface area (Å²) in [6.45, 7) is 0.505. The van der Waals surface area contributed by atoms with E-state index in [4.69, 9.17) is 5.73 Å². The van der Waals surface area contributed by atoms with Gasteiger partial charge in [0.05, 0.1) is 0 Å². The van der Waals surface area contributed by atoms with E-state index in [1.54, 1.807) is 18.0 Å². The quantitative estimate of drug-likeness (QED) is 0.783. The number of aromatic nitrogens is 1. The summed E-state index contributed by atoms with van der Waals surface area (Å²) in [6.07, 6.45) is 3.73. The van der Waals surface area contributed by atoms with Crippen molar-refractivity contribution in [2.45, 2.75) is 18.9 Å². The van der Waals surface area contributed by atoms with Crippen molar-refractivity contribution < 1.29 is 9.32 Å². The minimum absolute atomic E-state index is 0.119. The van der Waals surface area contributed by atoms with Gasteiger partial charge in [-0.2, -0.15) is 0 Å². The molecule has 1 aliphatic rings. The first-order valence-electron chi connectivity index (χ1n) is 5.11. The van der Waals surface area contributed by atoms with Gasteiger partial charge in [-0.25, -0.2) is 0 Å². The molecule has 1 aromatic rings. The zero-order chi connectivity index (χ0) is 10.8. The van der Waals surface area contributed by atoms with Crippen LogP contribution in [0.5, 0.6) is 0 Å². The maximum absolute atomic E-state index is 11.9. The summed E-state index contributed by atoms with van der Waals surface area (Å²) in [7, 11) is 1.77. The Morgan fingerprint density at radius 3 is 3.00 bits per heavy atom. The van der Waals surface area contributed by atoms with Crippen LogP contribution in [0.2, 0.25) is 0 Å². The Hall–Kier alpha value is -1.36. The summed E-state index contributed by atoms with van der Waals surface area (Å²) < 4.78 is 4.65. The lowest BCUT2D eigenvalue weighted by molar-refractivity contribution is 0.0708. The highest BCUT2D eigenvalue weighted by atomic mass is 16.5. The second-order valence-electron chi connectivity index (χ2n) is 3.94. The fourth-order valence-corrected chi connectivity index (χ4v) is 1.80. The lowest BCUT2D eigenvalue weighted by Gasteiger charge is -2.26. The Morgan fingerprint density at radius 2 is 2.53 bits per heavy atom. The van der Waals surface area contributed by atoms with Crippen LogP contribution >= 0.6 is 0 Å². The van der Waals surface area contributed by atoms with Crippen molar-refractivity contribution in [1.29, 1.82) is 0 Å². The van der Waals surface area contributed by atoms with Crippen LogP contribution in [0.3, 0.4) is 0 Å². The number of hydrogen-bond donors (Lipinski definition) is 1. The monoisotopic (exact) mass is 209 g/mol. The van der Waals surface area contributed by atoms with E-state index in [-0.39, 0.29) is 11.9 Å². The number of carbonyl (C=O) groups is 1. The number of rotatable bonds is 4. The molecule has 2 rings (SSSR count). The van der Waals surface area contributed by atoms with Crippen LogP contribution in [-0.2, 0) is 0 Å². The molecule has 1 aliphatic carbocycles. The SMILES string of the molecule is CN(C(=O)c1ccon1)C(CN)C1CC1. The summed E-state index contributed by atoms with van der Waals surface area (Å²) >= 11 is 0. The number of nitrogens with two attached hydrogens (primary N) is 1. The molecular formula is C10H15N3O2. The first-order chi connectivity index (χ1) is 7.24. The summed E-state index contributed by atoms with van der Waals surface area (Å²) in [5.41, 5.74) is 6.01. The van der Waals surface area contributed by atoms with Crippen LogP contribution in [0, 0.1) is 5.92 Å². The standard InChI is InChI=1S/C10H15N3O2/c1-13(9(6-11)7-2-3-7)10(14)8-4-5-15-12-8/h4-5,7,9H,2-3,6,11H2,1H3. The third-order valence-corrected chi connectivity index (χ3v) is 2.88. The highest BCUT2D eigenvalue weighted by molar-refractivity contribution is 5.92. The van der Waals surface area contributed by atoms with Gasteiger partial charge in [-0.15, -0.1) is 0 Å². The molecule has 1 aromatic heterocycles. The fourth-order valence-electron chi connectivity index (χ4n) is 1.80. The van der Waals surface area contributed by atoms with E-state index in [0.29, 0.717) is 18.2 Å². The molecule has 0 aromatic carbocycles. The minimum atomic E-state index is -0.119. The Bertz CT molecular complexity index is 332. The average molecular weight is 209 g/mol. The maximum Gasteiger partial charge on any atom is 0.276 e. The first-order valence-corrected chi connectivity index (χ1v) is 5.11. The molecule has 0 radical (unpaired) electrons. The van der Waals surface area contributed by atoms with Gasteiger partial charge in [-0.05, 0) is 18.8 Å². The summed E-state index contributed by atoms with van der Waals surface area (Å²) in [5, 5.41) is 3.63. The molecule has 0 saturated heterocycles. The molecule has 1 fully saturated rings. The van der Waals surface area contributed by atoms with E-state index in [2.05, 4.69) is 9.68 Å². The van der Waals surface area contributed by atoms with Crippen molar-refractivity contribution in [2.75, 3.05) is 13.6 Å². The molecule has 15 heavy (non-hydrogen) atoms. The molecule has 5 nitrogen and oxygen atoms in total. The largest absolute Gasteiger partial charge is 0.364 e. The third-order valence-electron chi connectivity index (χ3n) is 2.88. The highest BCUT2D eigenvalue weighted by Gasteiger charge is 2.35. The molecule has 1 unspecified atom stereocenters. The Balaban J connectivity index is 2.05. The normalized spacial score (nSPS) is 17.5. The fraction of sp³-hybridized carbons (Fsp3) is 0.600.